The van der Waals surface area contributed by atoms with Crippen LogP contribution in [0, 0.1) is 5.92 Å². The van der Waals surface area contributed by atoms with Crippen LogP contribution in [0.3, 0.4) is 0 Å². The van der Waals surface area contributed by atoms with Gasteiger partial charge < -0.3 is 14.6 Å². The number of halogens is 3. The first-order valence-corrected chi connectivity index (χ1v) is 10.6. The maximum atomic E-state index is 12.7. The molecule has 2 heterocycles. The molecule has 1 saturated carbocycles. The second kappa shape index (κ2) is 7.94. The van der Waals surface area contributed by atoms with E-state index in [-0.39, 0.29) is 28.8 Å². The number of nitrogens with zero attached hydrogens (tertiary/aromatic N) is 2. The highest BCUT2D eigenvalue weighted by molar-refractivity contribution is 7.13. The van der Waals surface area contributed by atoms with Crippen molar-refractivity contribution in [1.82, 2.24) is 14.9 Å². The van der Waals surface area contributed by atoms with E-state index in [2.05, 4.69) is 16.8 Å². The van der Waals surface area contributed by atoms with Crippen molar-refractivity contribution >= 4 is 28.3 Å². The number of fused-ring (bicyclic) bond motifs is 1. The third-order valence-electron chi connectivity index (χ3n) is 5.22. The quantitative estimate of drug-likeness (QED) is 0.563. The first-order chi connectivity index (χ1) is 14.3. The third kappa shape index (κ3) is 4.30. The standard InChI is InChI=1S/C21H22F3N3O2S/c1-3-27-16-7-5-4-6-15(16)26-19(27)13-10-14(13)20(28)25-12(2)17-8-9-18(30-17)29-11-21(22,23)24/h4-9,12-14H,3,10-11H2,1-2H3,(H,25,28). The van der Waals surface area contributed by atoms with Crippen molar-refractivity contribution in [2.45, 2.75) is 44.9 Å². The minimum atomic E-state index is -4.38. The second-order valence-electron chi connectivity index (χ2n) is 7.44. The topological polar surface area (TPSA) is 56.2 Å². The first-order valence-electron chi connectivity index (χ1n) is 9.81. The van der Waals surface area contributed by atoms with E-state index in [0.29, 0.717) is 0 Å². The number of thiophene rings is 1. The number of rotatable bonds is 7. The SMILES string of the molecule is CCn1c(C2CC2C(=O)NC(C)c2ccc(OCC(F)(F)F)s2)nc2ccccc21. The number of hydrogen-bond acceptors (Lipinski definition) is 4. The summed E-state index contributed by atoms with van der Waals surface area (Å²) in [7, 11) is 0. The fourth-order valence-electron chi connectivity index (χ4n) is 3.67. The molecule has 30 heavy (non-hydrogen) atoms. The van der Waals surface area contributed by atoms with Gasteiger partial charge in [0.2, 0.25) is 5.91 Å². The Morgan fingerprint density at radius 2 is 2.10 bits per heavy atom. The Bertz CT molecular complexity index is 1060. The van der Waals surface area contributed by atoms with E-state index in [1.54, 1.807) is 6.07 Å². The van der Waals surface area contributed by atoms with Gasteiger partial charge >= 0.3 is 6.18 Å². The smallest absolute Gasteiger partial charge is 0.422 e. The van der Waals surface area contributed by atoms with Crippen molar-refractivity contribution in [3.8, 4) is 5.06 Å². The number of carbonyl (C=O) groups is 1. The van der Waals surface area contributed by atoms with E-state index in [1.807, 2.05) is 31.2 Å². The van der Waals surface area contributed by atoms with Gasteiger partial charge in [0, 0.05) is 23.3 Å². The van der Waals surface area contributed by atoms with Crippen molar-refractivity contribution in [1.29, 1.82) is 0 Å². The van der Waals surface area contributed by atoms with Crippen LogP contribution in [0.15, 0.2) is 36.4 Å². The number of nitrogens with one attached hydrogen (secondary N) is 1. The molecular formula is C21H22F3N3O2S. The minimum Gasteiger partial charge on any atom is -0.475 e. The zero-order chi connectivity index (χ0) is 21.5. The van der Waals surface area contributed by atoms with Crippen molar-refractivity contribution in [2.24, 2.45) is 5.92 Å². The number of imidazole rings is 1. The first kappa shape index (κ1) is 20.7. The average molecular weight is 437 g/mol. The summed E-state index contributed by atoms with van der Waals surface area (Å²) >= 11 is 1.11. The molecule has 0 aliphatic heterocycles. The Kier molecular flexibility index (Phi) is 5.48. The zero-order valence-corrected chi connectivity index (χ0v) is 17.4. The second-order valence-corrected chi connectivity index (χ2v) is 8.52. The van der Waals surface area contributed by atoms with Crippen molar-refractivity contribution in [3.05, 3.63) is 47.1 Å². The van der Waals surface area contributed by atoms with Gasteiger partial charge in [-0.1, -0.05) is 12.1 Å². The summed E-state index contributed by atoms with van der Waals surface area (Å²) in [6.45, 7) is 3.34. The molecule has 0 spiro atoms. The Labute approximate surface area is 175 Å². The van der Waals surface area contributed by atoms with Gasteiger partial charge in [0.15, 0.2) is 11.7 Å². The van der Waals surface area contributed by atoms with E-state index in [9.17, 15) is 18.0 Å². The number of amides is 1. The molecule has 1 aliphatic carbocycles. The van der Waals surface area contributed by atoms with Crippen LogP contribution in [0.5, 0.6) is 5.06 Å². The van der Waals surface area contributed by atoms with E-state index in [0.717, 1.165) is 46.0 Å². The number of para-hydroxylation sites is 2. The monoisotopic (exact) mass is 437 g/mol. The number of hydrogen-bond donors (Lipinski definition) is 1. The molecule has 9 heteroatoms. The fourth-order valence-corrected chi connectivity index (χ4v) is 4.53. The molecule has 0 radical (unpaired) electrons. The summed E-state index contributed by atoms with van der Waals surface area (Å²) in [5.74, 6) is 0.813. The fraction of sp³-hybridized carbons (Fsp3) is 0.429. The van der Waals surface area contributed by atoms with Crippen molar-refractivity contribution in [3.63, 3.8) is 0 Å². The number of alkyl halides is 3. The van der Waals surface area contributed by atoms with Crippen LogP contribution >= 0.6 is 11.3 Å². The van der Waals surface area contributed by atoms with E-state index >= 15 is 0 Å². The maximum absolute atomic E-state index is 12.7. The lowest BCUT2D eigenvalue weighted by molar-refractivity contribution is -0.152. The largest absolute Gasteiger partial charge is 0.475 e. The number of aryl methyl sites for hydroxylation is 1. The van der Waals surface area contributed by atoms with E-state index in [4.69, 9.17) is 9.72 Å². The molecule has 1 N–H and O–H groups in total. The summed E-state index contributed by atoms with van der Waals surface area (Å²) < 4.78 is 43.8. The van der Waals surface area contributed by atoms with E-state index in [1.165, 1.54) is 6.07 Å². The Morgan fingerprint density at radius 1 is 1.33 bits per heavy atom. The van der Waals surface area contributed by atoms with E-state index < -0.39 is 12.8 Å². The molecule has 3 unspecified atom stereocenters. The lowest BCUT2D eigenvalue weighted by Gasteiger charge is -2.12. The average Bonchev–Trinajstić information content (AvgIpc) is 3.19. The molecule has 2 aromatic heterocycles. The number of aromatic nitrogens is 2. The predicted octanol–water partition coefficient (Wildman–Crippen LogP) is 5.04. The van der Waals surface area contributed by atoms with Gasteiger partial charge in [-0.25, -0.2) is 4.98 Å². The van der Waals surface area contributed by atoms with Gasteiger partial charge in [0.1, 0.15) is 5.82 Å². The van der Waals surface area contributed by atoms with Crippen LogP contribution in [0.1, 0.15) is 42.9 Å². The van der Waals surface area contributed by atoms with Crippen LogP contribution < -0.4 is 10.1 Å². The Morgan fingerprint density at radius 3 is 2.83 bits per heavy atom. The van der Waals surface area contributed by atoms with Gasteiger partial charge in [-0.15, -0.1) is 11.3 Å². The summed E-state index contributed by atoms with van der Waals surface area (Å²) in [6, 6.07) is 10.8. The Hall–Kier alpha value is -2.55. The maximum Gasteiger partial charge on any atom is 0.422 e. The van der Waals surface area contributed by atoms with Crippen LogP contribution in [0.4, 0.5) is 13.2 Å². The van der Waals surface area contributed by atoms with Crippen LogP contribution in [0.2, 0.25) is 0 Å². The molecule has 4 rings (SSSR count). The summed E-state index contributed by atoms with van der Waals surface area (Å²) in [4.78, 5) is 18.2. The molecule has 5 nitrogen and oxygen atoms in total. The number of carbonyl (C=O) groups excluding carboxylic acids is 1. The highest BCUT2D eigenvalue weighted by Gasteiger charge is 2.47. The van der Waals surface area contributed by atoms with Crippen molar-refractivity contribution < 1.29 is 22.7 Å². The Balaban J connectivity index is 1.38. The van der Waals surface area contributed by atoms with Crippen LogP contribution in [-0.2, 0) is 11.3 Å². The molecule has 160 valence electrons. The molecule has 0 saturated heterocycles. The molecule has 1 fully saturated rings. The van der Waals surface area contributed by atoms with Gasteiger partial charge in [0.25, 0.3) is 0 Å². The predicted molar refractivity (Wildman–Crippen MR) is 109 cm³/mol. The van der Waals surface area contributed by atoms with Gasteiger partial charge in [0.05, 0.1) is 17.1 Å². The lowest BCUT2D eigenvalue weighted by Crippen LogP contribution is -2.28. The molecule has 3 atom stereocenters. The number of ether oxygens (including phenoxy) is 1. The highest BCUT2D eigenvalue weighted by Crippen LogP contribution is 2.48. The highest BCUT2D eigenvalue weighted by atomic mass is 32.1. The van der Waals surface area contributed by atoms with Crippen LogP contribution in [-0.4, -0.2) is 28.2 Å². The summed E-state index contributed by atoms with van der Waals surface area (Å²) in [5.41, 5.74) is 2.00. The minimum absolute atomic E-state index is 0.0617. The third-order valence-corrected chi connectivity index (χ3v) is 6.41. The molecule has 1 aliphatic rings. The van der Waals surface area contributed by atoms with Gasteiger partial charge in [-0.05, 0) is 44.5 Å². The summed E-state index contributed by atoms with van der Waals surface area (Å²) in [5, 5.41) is 3.16. The normalized spacial score (nSPS) is 19.6. The molecule has 0 bridgehead atoms. The zero-order valence-electron chi connectivity index (χ0n) is 16.6. The summed E-state index contributed by atoms with van der Waals surface area (Å²) in [6.07, 6.45) is -3.63. The van der Waals surface area contributed by atoms with Gasteiger partial charge in [-0.2, -0.15) is 13.2 Å². The number of benzene rings is 1. The molecule has 1 aromatic carbocycles. The molecule has 3 aromatic rings. The molecule has 1 amide bonds. The van der Waals surface area contributed by atoms with Crippen LogP contribution in [0.25, 0.3) is 11.0 Å². The van der Waals surface area contributed by atoms with Crippen molar-refractivity contribution in [2.75, 3.05) is 6.61 Å². The molecular weight excluding hydrogens is 415 g/mol. The van der Waals surface area contributed by atoms with Gasteiger partial charge in [-0.3, -0.25) is 4.79 Å². The lowest BCUT2D eigenvalue weighted by atomic mass is 10.2.